The third-order valence-corrected chi connectivity index (χ3v) is 3.40. The number of carbonyl (C=O) groups excluding carboxylic acids is 1. The van der Waals surface area contributed by atoms with Gasteiger partial charge in [0.15, 0.2) is 0 Å². The van der Waals surface area contributed by atoms with Crippen LogP contribution >= 0.6 is 0 Å². The van der Waals surface area contributed by atoms with Crippen molar-refractivity contribution in [2.24, 2.45) is 5.92 Å². The lowest BCUT2D eigenvalue weighted by Gasteiger charge is -2.25. The molecule has 3 heteroatoms. The molecule has 0 atom stereocenters. The summed E-state index contributed by atoms with van der Waals surface area (Å²) in [5, 5.41) is 3.42. The molecule has 0 radical (unpaired) electrons. The molecule has 1 aromatic rings. The van der Waals surface area contributed by atoms with Gasteiger partial charge in [-0.15, -0.1) is 0 Å². The summed E-state index contributed by atoms with van der Waals surface area (Å²) in [4.78, 5) is 11.5. The van der Waals surface area contributed by atoms with E-state index in [0.717, 1.165) is 24.6 Å². The minimum atomic E-state index is -0.258. The van der Waals surface area contributed by atoms with Crippen LogP contribution in [-0.4, -0.2) is 19.6 Å². The second-order valence-electron chi connectivity index (χ2n) is 4.58. The van der Waals surface area contributed by atoms with Crippen molar-refractivity contribution in [3.05, 3.63) is 35.4 Å². The summed E-state index contributed by atoms with van der Waals surface area (Å²) in [6, 6.07) is 7.60. The Morgan fingerprint density at radius 1 is 1.41 bits per heavy atom. The van der Waals surface area contributed by atoms with Gasteiger partial charge in [-0.3, -0.25) is 0 Å². The van der Waals surface area contributed by atoms with Crippen LogP contribution in [0.5, 0.6) is 0 Å². The zero-order valence-electron chi connectivity index (χ0n) is 10.2. The molecule has 1 aromatic carbocycles. The van der Waals surface area contributed by atoms with Crippen LogP contribution in [0.2, 0.25) is 0 Å². The van der Waals surface area contributed by atoms with E-state index in [-0.39, 0.29) is 5.97 Å². The number of hydrogen-bond donors (Lipinski definition) is 1. The Morgan fingerprint density at radius 3 is 2.82 bits per heavy atom. The number of hydrogen-bond acceptors (Lipinski definition) is 3. The van der Waals surface area contributed by atoms with E-state index in [0.29, 0.717) is 5.56 Å². The Balaban J connectivity index is 1.91. The Bertz CT molecular complexity index is 386. The van der Waals surface area contributed by atoms with E-state index < -0.39 is 0 Å². The molecular formula is C14H19NO2. The molecule has 0 amide bonds. The molecule has 0 saturated heterocycles. The van der Waals surface area contributed by atoms with E-state index >= 15 is 0 Å². The van der Waals surface area contributed by atoms with E-state index in [1.807, 2.05) is 24.3 Å². The fourth-order valence-electron chi connectivity index (χ4n) is 2.09. The van der Waals surface area contributed by atoms with Crippen molar-refractivity contribution < 1.29 is 9.53 Å². The Morgan fingerprint density at radius 2 is 2.18 bits per heavy atom. The number of methoxy groups -OCH3 is 1. The first kappa shape index (κ1) is 12.1. The Labute approximate surface area is 102 Å². The van der Waals surface area contributed by atoms with Crippen molar-refractivity contribution in [2.45, 2.75) is 25.8 Å². The summed E-state index contributed by atoms with van der Waals surface area (Å²) in [6.07, 6.45) is 4.04. The van der Waals surface area contributed by atoms with Crippen LogP contribution in [0.3, 0.4) is 0 Å². The molecule has 3 nitrogen and oxygen atoms in total. The van der Waals surface area contributed by atoms with Gasteiger partial charge in [-0.25, -0.2) is 4.79 Å². The monoisotopic (exact) mass is 233 g/mol. The predicted octanol–water partition coefficient (Wildman–Crippen LogP) is 2.36. The molecule has 0 bridgehead atoms. The first-order valence-corrected chi connectivity index (χ1v) is 6.18. The highest BCUT2D eigenvalue weighted by Crippen LogP contribution is 2.25. The smallest absolute Gasteiger partial charge is 0.338 e. The Hall–Kier alpha value is -1.35. The molecule has 1 aliphatic carbocycles. The molecular weight excluding hydrogens is 214 g/mol. The zero-order chi connectivity index (χ0) is 12.1. The SMILES string of the molecule is COC(=O)c1ccccc1CNCC1CCC1. The third kappa shape index (κ3) is 3.07. The predicted molar refractivity (Wildman–Crippen MR) is 66.8 cm³/mol. The number of ether oxygens (including phenoxy) is 1. The molecule has 0 aromatic heterocycles. The highest BCUT2D eigenvalue weighted by atomic mass is 16.5. The van der Waals surface area contributed by atoms with E-state index in [1.165, 1.54) is 26.4 Å². The van der Waals surface area contributed by atoms with Gasteiger partial charge in [0.25, 0.3) is 0 Å². The van der Waals surface area contributed by atoms with Crippen molar-refractivity contribution in [3.8, 4) is 0 Å². The summed E-state index contributed by atoms with van der Waals surface area (Å²) in [7, 11) is 1.42. The number of benzene rings is 1. The van der Waals surface area contributed by atoms with E-state index in [9.17, 15) is 4.79 Å². The lowest BCUT2D eigenvalue weighted by molar-refractivity contribution is 0.0599. The van der Waals surface area contributed by atoms with Gasteiger partial charge >= 0.3 is 5.97 Å². The van der Waals surface area contributed by atoms with Gasteiger partial charge in [-0.1, -0.05) is 24.6 Å². The fraction of sp³-hybridized carbons (Fsp3) is 0.500. The lowest BCUT2D eigenvalue weighted by Crippen LogP contribution is -2.27. The van der Waals surface area contributed by atoms with Gasteiger partial charge in [0.1, 0.15) is 0 Å². The van der Waals surface area contributed by atoms with Crippen LogP contribution in [0.4, 0.5) is 0 Å². The summed E-state index contributed by atoms with van der Waals surface area (Å²) < 4.78 is 4.77. The molecule has 2 rings (SSSR count). The zero-order valence-corrected chi connectivity index (χ0v) is 10.2. The van der Waals surface area contributed by atoms with Crippen molar-refractivity contribution >= 4 is 5.97 Å². The van der Waals surface area contributed by atoms with Crippen LogP contribution < -0.4 is 5.32 Å². The average Bonchev–Trinajstić information content (AvgIpc) is 2.32. The minimum absolute atomic E-state index is 0.258. The van der Waals surface area contributed by atoms with Crippen LogP contribution in [0.15, 0.2) is 24.3 Å². The summed E-state index contributed by atoms with van der Waals surface area (Å²) >= 11 is 0. The van der Waals surface area contributed by atoms with E-state index in [1.54, 1.807) is 0 Å². The third-order valence-electron chi connectivity index (χ3n) is 3.40. The van der Waals surface area contributed by atoms with Gasteiger partial charge in [0.2, 0.25) is 0 Å². The van der Waals surface area contributed by atoms with Crippen LogP contribution in [0, 0.1) is 5.92 Å². The largest absolute Gasteiger partial charge is 0.465 e. The summed E-state index contributed by atoms with van der Waals surface area (Å²) in [6.45, 7) is 1.79. The van der Waals surface area contributed by atoms with Gasteiger partial charge in [0.05, 0.1) is 12.7 Å². The fourth-order valence-corrected chi connectivity index (χ4v) is 2.09. The van der Waals surface area contributed by atoms with E-state index in [4.69, 9.17) is 4.74 Å². The van der Waals surface area contributed by atoms with Crippen LogP contribution in [0.25, 0.3) is 0 Å². The maximum Gasteiger partial charge on any atom is 0.338 e. The molecule has 92 valence electrons. The molecule has 0 spiro atoms. The summed E-state index contributed by atoms with van der Waals surface area (Å²) in [5.74, 6) is 0.575. The highest BCUT2D eigenvalue weighted by molar-refractivity contribution is 5.90. The number of esters is 1. The Kier molecular flexibility index (Phi) is 4.15. The van der Waals surface area contributed by atoms with Crippen molar-refractivity contribution in [3.63, 3.8) is 0 Å². The maximum absolute atomic E-state index is 11.5. The quantitative estimate of drug-likeness (QED) is 0.793. The second kappa shape index (κ2) is 5.82. The van der Waals surface area contributed by atoms with Crippen molar-refractivity contribution in [2.75, 3.05) is 13.7 Å². The van der Waals surface area contributed by atoms with Crippen LogP contribution in [-0.2, 0) is 11.3 Å². The molecule has 1 saturated carbocycles. The number of rotatable bonds is 5. The first-order chi connectivity index (χ1) is 8.31. The highest BCUT2D eigenvalue weighted by Gasteiger charge is 2.17. The summed E-state index contributed by atoms with van der Waals surface area (Å²) in [5.41, 5.74) is 1.68. The minimum Gasteiger partial charge on any atom is -0.465 e. The topological polar surface area (TPSA) is 38.3 Å². The van der Waals surface area contributed by atoms with Gasteiger partial charge in [-0.2, -0.15) is 0 Å². The number of carbonyl (C=O) groups is 1. The molecule has 0 unspecified atom stereocenters. The van der Waals surface area contributed by atoms with Gasteiger partial charge in [0, 0.05) is 6.54 Å². The van der Waals surface area contributed by atoms with E-state index in [2.05, 4.69) is 5.32 Å². The standard InChI is InChI=1S/C14H19NO2/c1-17-14(16)13-8-3-2-7-12(13)10-15-9-11-5-4-6-11/h2-3,7-8,11,15H,4-6,9-10H2,1H3. The average molecular weight is 233 g/mol. The van der Waals surface area contributed by atoms with Gasteiger partial charge < -0.3 is 10.1 Å². The molecule has 0 heterocycles. The number of nitrogens with one attached hydrogen (secondary N) is 1. The van der Waals surface area contributed by atoms with Gasteiger partial charge in [-0.05, 0) is 36.9 Å². The normalized spacial score (nSPS) is 15.4. The van der Waals surface area contributed by atoms with Crippen molar-refractivity contribution in [1.29, 1.82) is 0 Å². The molecule has 17 heavy (non-hydrogen) atoms. The molecule has 1 fully saturated rings. The van der Waals surface area contributed by atoms with Crippen molar-refractivity contribution in [1.82, 2.24) is 5.32 Å². The van der Waals surface area contributed by atoms with Crippen LogP contribution in [0.1, 0.15) is 35.2 Å². The maximum atomic E-state index is 11.5. The first-order valence-electron chi connectivity index (χ1n) is 6.18. The molecule has 0 aliphatic heterocycles. The lowest BCUT2D eigenvalue weighted by atomic mass is 9.85. The molecule has 1 N–H and O–H groups in total. The molecule has 1 aliphatic rings. The second-order valence-corrected chi connectivity index (χ2v) is 4.58.